The van der Waals surface area contributed by atoms with E-state index < -0.39 is 0 Å². The van der Waals surface area contributed by atoms with Crippen LogP contribution in [0.3, 0.4) is 0 Å². The van der Waals surface area contributed by atoms with Crippen LogP contribution in [-0.4, -0.2) is 26.2 Å². The highest BCUT2D eigenvalue weighted by Gasteiger charge is 2.29. The number of hydrogen-bond donors (Lipinski definition) is 0. The summed E-state index contributed by atoms with van der Waals surface area (Å²) in [7, 11) is 1.76. The van der Waals surface area contributed by atoms with E-state index in [9.17, 15) is 4.79 Å². The number of nitrogens with zero attached hydrogens (tertiary/aromatic N) is 4. The lowest BCUT2D eigenvalue weighted by Crippen LogP contribution is -2.25. The third kappa shape index (κ3) is 2.90. The van der Waals surface area contributed by atoms with Crippen molar-refractivity contribution in [2.75, 3.05) is 6.54 Å². The smallest absolute Gasteiger partial charge is 0.250 e. The third-order valence-electron chi connectivity index (χ3n) is 4.00. The minimum atomic E-state index is 0.0241. The molecular weight excluding hydrogens is 268 g/mol. The molecule has 1 atom stereocenters. The summed E-state index contributed by atoms with van der Waals surface area (Å²) in [4.78, 5) is 18.5. The molecule has 0 radical (unpaired) electrons. The van der Waals surface area contributed by atoms with Crippen molar-refractivity contribution in [1.29, 1.82) is 0 Å². The molecule has 0 bridgehead atoms. The maximum absolute atomic E-state index is 11.7. The first-order valence-electron chi connectivity index (χ1n) is 7.39. The van der Waals surface area contributed by atoms with Crippen molar-refractivity contribution in [2.24, 2.45) is 7.05 Å². The Morgan fingerprint density at radius 3 is 3.05 bits per heavy atom. The van der Waals surface area contributed by atoms with Crippen LogP contribution >= 0.6 is 0 Å². The summed E-state index contributed by atoms with van der Waals surface area (Å²) in [5.41, 5.74) is 1.06. The van der Waals surface area contributed by atoms with Gasteiger partial charge in [-0.15, -0.1) is 0 Å². The van der Waals surface area contributed by atoms with Crippen molar-refractivity contribution in [3.8, 4) is 0 Å². The normalized spacial score (nSPS) is 19.2. The Morgan fingerprint density at radius 1 is 1.48 bits per heavy atom. The van der Waals surface area contributed by atoms with E-state index in [4.69, 9.17) is 4.52 Å². The van der Waals surface area contributed by atoms with E-state index in [1.54, 1.807) is 17.7 Å². The molecule has 0 saturated carbocycles. The van der Waals surface area contributed by atoms with Gasteiger partial charge in [-0.05, 0) is 31.0 Å². The van der Waals surface area contributed by atoms with Gasteiger partial charge >= 0.3 is 0 Å². The van der Waals surface area contributed by atoms with Gasteiger partial charge in [-0.25, -0.2) is 0 Å². The van der Waals surface area contributed by atoms with Gasteiger partial charge in [-0.3, -0.25) is 9.69 Å². The molecule has 21 heavy (non-hydrogen) atoms. The molecule has 0 unspecified atom stereocenters. The van der Waals surface area contributed by atoms with Gasteiger partial charge < -0.3 is 9.09 Å². The first kappa shape index (κ1) is 14.0. The van der Waals surface area contributed by atoms with Gasteiger partial charge in [-0.1, -0.05) is 12.1 Å². The Balaban J connectivity index is 1.77. The van der Waals surface area contributed by atoms with E-state index in [0.717, 1.165) is 43.7 Å². The average molecular weight is 288 g/mol. The lowest BCUT2D eigenvalue weighted by Gasteiger charge is -2.21. The molecule has 6 nitrogen and oxygen atoms in total. The van der Waals surface area contributed by atoms with Crippen molar-refractivity contribution >= 4 is 0 Å². The van der Waals surface area contributed by atoms with E-state index >= 15 is 0 Å². The predicted octanol–water partition coefficient (Wildman–Crippen LogP) is 1.67. The van der Waals surface area contributed by atoms with Crippen LogP contribution in [0.15, 0.2) is 27.6 Å². The lowest BCUT2D eigenvalue weighted by molar-refractivity contribution is 0.234. The number of aromatic nitrogens is 3. The Morgan fingerprint density at radius 2 is 2.33 bits per heavy atom. The largest absolute Gasteiger partial charge is 0.339 e. The minimum Gasteiger partial charge on any atom is -0.339 e. The number of pyridine rings is 1. The van der Waals surface area contributed by atoms with E-state index in [1.165, 1.54) is 0 Å². The van der Waals surface area contributed by atoms with Gasteiger partial charge in [-0.2, -0.15) is 4.98 Å². The molecule has 6 heteroatoms. The van der Waals surface area contributed by atoms with Crippen LogP contribution < -0.4 is 5.56 Å². The predicted molar refractivity (Wildman–Crippen MR) is 77.7 cm³/mol. The van der Waals surface area contributed by atoms with Crippen LogP contribution in [0.1, 0.15) is 43.1 Å². The van der Waals surface area contributed by atoms with Crippen molar-refractivity contribution in [2.45, 2.75) is 38.8 Å². The highest BCUT2D eigenvalue weighted by atomic mass is 16.5. The summed E-state index contributed by atoms with van der Waals surface area (Å²) in [5, 5.41) is 4.10. The maximum Gasteiger partial charge on any atom is 0.250 e. The monoisotopic (exact) mass is 288 g/mol. The van der Waals surface area contributed by atoms with E-state index in [-0.39, 0.29) is 11.6 Å². The molecule has 0 N–H and O–H groups in total. The summed E-state index contributed by atoms with van der Waals surface area (Å²) in [6.45, 7) is 3.75. The quantitative estimate of drug-likeness (QED) is 0.856. The average Bonchev–Trinajstić information content (AvgIpc) is 3.11. The molecule has 1 aliphatic rings. The molecule has 0 amide bonds. The molecule has 0 spiro atoms. The number of likely N-dealkylation sites (tertiary alicyclic amines) is 1. The summed E-state index contributed by atoms with van der Waals surface area (Å²) in [6.07, 6.45) is 4.72. The molecule has 3 rings (SSSR count). The molecule has 1 saturated heterocycles. The van der Waals surface area contributed by atoms with Crippen LogP contribution in [0.4, 0.5) is 0 Å². The molecule has 112 valence electrons. The highest BCUT2D eigenvalue weighted by Crippen LogP contribution is 2.31. The topological polar surface area (TPSA) is 64.2 Å². The summed E-state index contributed by atoms with van der Waals surface area (Å²) in [5.74, 6) is 1.46. The summed E-state index contributed by atoms with van der Waals surface area (Å²) in [6, 6.07) is 3.88. The zero-order chi connectivity index (χ0) is 14.8. The number of rotatable bonds is 4. The van der Waals surface area contributed by atoms with E-state index in [0.29, 0.717) is 5.89 Å². The second kappa shape index (κ2) is 5.81. The van der Waals surface area contributed by atoms with Crippen molar-refractivity contribution in [3.63, 3.8) is 0 Å². The van der Waals surface area contributed by atoms with Crippen LogP contribution in [0, 0.1) is 0 Å². The SMILES string of the molecule is CCc1nc([C@@H]2CCCN2Cc2ccn(C)c(=O)c2)no1. The zero-order valence-electron chi connectivity index (χ0n) is 12.5. The Hall–Kier alpha value is -1.95. The molecule has 2 aromatic rings. The first-order valence-corrected chi connectivity index (χ1v) is 7.39. The van der Waals surface area contributed by atoms with Crippen molar-refractivity contribution in [1.82, 2.24) is 19.6 Å². The van der Waals surface area contributed by atoms with Crippen molar-refractivity contribution < 1.29 is 4.52 Å². The van der Waals surface area contributed by atoms with Gasteiger partial charge in [0, 0.05) is 32.3 Å². The van der Waals surface area contributed by atoms with Gasteiger partial charge in [0.25, 0.3) is 5.56 Å². The van der Waals surface area contributed by atoms with Crippen LogP contribution in [0.2, 0.25) is 0 Å². The van der Waals surface area contributed by atoms with Crippen LogP contribution in [0.25, 0.3) is 0 Å². The van der Waals surface area contributed by atoms with E-state index in [2.05, 4.69) is 15.0 Å². The molecule has 3 heterocycles. The van der Waals surface area contributed by atoms with E-state index in [1.807, 2.05) is 19.2 Å². The second-order valence-electron chi connectivity index (χ2n) is 5.51. The van der Waals surface area contributed by atoms with Gasteiger partial charge in [0.05, 0.1) is 6.04 Å². The fourth-order valence-electron chi connectivity index (χ4n) is 2.78. The fourth-order valence-corrected chi connectivity index (χ4v) is 2.78. The zero-order valence-corrected chi connectivity index (χ0v) is 12.5. The molecule has 0 aromatic carbocycles. The summed E-state index contributed by atoms with van der Waals surface area (Å²) >= 11 is 0. The third-order valence-corrected chi connectivity index (χ3v) is 4.00. The standard InChI is InChI=1S/C15H20N4O2/c1-3-13-16-15(17-21-13)12-5-4-7-19(12)10-11-6-8-18(2)14(20)9-11/h6,8-9,12H,3-5,7,10H2,1-2H3/t12-/m0/s1. The Bertz CT molecular complexity index is 676. The van der Waals surface area contributed by atoms with Gasteiger partial charge in [0.1, 0.15) is 0 Å². The second-order valence-corrected chi connectivity index (χ2v) is 5.51. The van der Waals surface area contributed by atoms with Gasteiger partial charge in [0.2, 0.25) is 5.89 Å². The number of aryl methyl sites for hydroxylation is 2. The highest BCUT2D eigenvalue weighted by molar-refractivity contribution is 5.12. The summed E-state index contributed by atoms with van der Waals surface area (Å²) < 4.78 is 6.80. The van der Waals surface area contributed by atoms with Gasteiger partial charge in [0.15, 0.2) is 5.82 Å². The maximum atomic E-state index is 11.7. The fraction of sp³-hybridized carbons (Fsp3) is 0.533. The molecule has 0 aliphatic carbocycles. The molecule has 2 aromatic heterocycles. The Kier molecular flexibility index (Phi) is 3.88. The first-order chi connectivity index (χ1) is 10.2. The lowest BCUT2D eigenvalue weighted by atomic mass is 10.2. The Labute approximate surface area is 123 Å². The minimum absolute atomic E-state index is 0.0241. The van der Waals surface area contributed by atoms with Crippen LogP contribution in [0.5, 0.6) is 0 Å². The number of hydrogen-bond acceptors (Lipinski definition) is 5. The molecule has 1 aliphatic heterocycles. The molecule has 1 fully saturated rings. The van der Waals surface area contributed by atoms with Crippen LogP contribution in [-0.2, 0) is 20.0 Å². The van der Waals surface area contributed by atoms with Crippen molar-refractivity contribution in [3.05, 3.63) is 46.0 Å². The molecular formula is C15H20N4O2.